The number of hydrazine groups is 2. The molecule has 2 amide bonds. The van der Waals surface area contributed by atoms with Gasteiger partial charge >= 0.3 is 18.0 Å². The minimum atomic E-state index is -1.02. The Morgan fingerprint density at radius 1 is 0.704 bits per heavy atom. The van der Waals surface area contributed by atoms with Crippen molar-refractivity contribution in [3.63, 3.8) is 0 Å². The Morgan fingerprint density at radius 2 is 1.11 bits per heavy atom. The number of nitrogens with one attached hydrogen (secondary N) is 2. The van der Waals surface area contributed by atoms with Crippen LogP contribution in [0, 0.1) is 0 Å². The van der Waals surface area contributed by atoms with E-state index >= 15 is 0 Å². The van der Waals surface area contributed by atoms with Crippen LogP contribution in [0.15, 0.2) is 60.7 Å². The molecule has 2 aliphatic rings. The molecular weight excluding hydrogens is 348 g/mol. The van der Waals surface area contributed by atoms with Crippen LogP contribution in [0.2, 0.25) is 0 Å². The SMILES string of the molecule is O=C1OC(=O)C2C1N(NCc1ccccc1)C(=O)N2NCc1ccccc1. The summed E-state index contributed by atoms with van der Waals surface area (Å²) in [6, 6.07) is 16.4. The molecule has 8 nitrogen and oxygen atoms in total. The second kappa shape index (κ2) is 7.18. The standard InChI is InChI=1S/C19H18N4O4/c24-17-15-16(18(25)27-17)23(21-12-14-9-5-2-6-10-14)19(26)22(15)20-11-13-7-3-1-4-8-13/h1-10,15-16,20-21H,11-12H2. The third-order valence-corrected chi connectivity index (χ3v) is 4.54. The van der Waals surface area contributed by atoms with Crippen molar-refractivity contribution in [2.45, 2.75) is 25.2 Å². The Balaban J connectivity index is 1.51. The van der Waals surface area contributed by atoms with Gasteiger partial charge in [0, 0.05) is 13.1 Å². The fourth-order valence-electron chi connectivity index (χ4n) is 3.20. The zero-order valence-corrected chi connectivity index (χ0v) is 14.4. The van der Waals surface area contributed by atoms with Crippen molar-refractivity contribution >= 4 is 18.0 Å². The monoisotopic (exact) mass is 366 g/mol. The Labute approximate surface area is 155 Å². The number of urea groups is 1. The Morgan fingerprint density at radius 3 is 1.52 bits per heavy atom. The summed E-state index contributed by atoms with van der Waals surface area (Å²) in [5, 5.41) is 2.34. The van der Waals surface area contributed by atoms with E-state index in [1.165, 1.54) is 10.0 Å². The second-order valence-electron chi connectivity index (χ2n) is 6.29. The van der Waals surface area contributed by atoms with E-state index in [1.807, 2.05) is 60.7 Å². The van der Waals surface area contributed by atoms with Crippen molar-refractivity contribution in [2.75, 3.05) is 0 Å². The maximum absolute atomic E-state index is 12.8. The lowest BCUT2D eigenvalue weighted by atomic mass is 10.2. The summed E-state index contributed by atoms with van der Waals surface area (Å²) < 4.78 is 4.75. The van der Waals surface area contributed by atoms with Gasteiger partial charge in [0.05, 0.1) is 0 Å². The van der Waals surface area contributed by atoms with Gasteiger partial charge in [-0.25, -0.2) is 35.3 Å². The van der Waals surface area contributed by atoms with Gasteiger partial charge in [-0.1, -0.05) is 60.7 Å². The van der Waals surface area contributed by atoms with Gasteiger partial charge in [-0.05, 0) is 11.1 Å². The van der Waals surface area contributed by atoms with Crippen LogP contribution in [0.25, 0.3) is 0 Å². The number of benzene rings is 2. The van der Waals surface area contributed by atoms with Crippen LogP contribution in [-0.2, 0) is 27.4 Å². The molecule has 2 fully saturated rings. The molecule has 0 aromatic heterocycles. The van der Waals surface area contributed by atoms with Crippen LogP contribution in [0.5, 0.6) is 0 Å². The van der Waals surface area contributed by atoms with Gasteiger partial charge in [0.1, 0.15) is 0 Å². The lowest BCUT2D eigenvalue weighted by molar-refractivity contribution is -0.155. The number of fused-ring (bicyclic) bond motifs is 1. The fourth-order valence-corrected chi connectivity index (χ4v) is 3.20. The minimum absolute atomic E-state index is 0.337. The summed E-state index contributed by atoms with van der Waals surface area (Å²) >= 11 is 0. The zero-order chi connectivity index (χ0) is 18.8. The van der Waals surface area contributed by atoms with Gasteiger partial charge in [-0.2, -0.15) is 0 Å². The Kier molecular flexibility index (Phi) is 4.57. The van der Waals surface area contributed by atoms with E-state index < -0.39 is 30.1 Å². The highest BCUT2D eigenvalue weighted by molar-refractivity contribution is 6.06. The summed E-state index contributed by atoms with van der Waals surface area (Å²) in [6.07, 6.45) is 0. The average Bonchev–Trinajstić information content (AvgIpc) is 3.14. The number of rotatable bonds is 6. The molecule has 2 atom stereocenters. The maximum atomic E-state index is 12.8. The fraction of sp³-hybridized carbons (Fsp3) is 0.211. The molecule has 8 heteroatoms. The number of cyclic esters (lactones) is 2. The minimum Gasteiger partial charge on any atom is -0.390 e. The number of nitrogens with zero attached hydrogens (tertiary/aromatic N) is 2. The second-order valence-corrected chi connectivity index (χ2v) is 6.29. The van der Waals surface area contributed by atoms with E-state index in [-0.39, 0.29) is 0 Å². The number of esters is 2. The molecule has 4 rings (SSSR count). The van der Waals surface area contributed by atoms with Crippen molar-refractivity contribution in [3.05, 3.63) is 71.8 Å². The smallest absolute Gasteiger partial charge is 0.350 e. The van der Waals surface area contributed by atoms with Crippen molar-refractivity contribution in [3.8, 4) is 0 Å². The Bertz CT molecular complexity index is 789. The van der Waals surface area contributed by atoms with Crippen LogP contribution in [-0.4, -0.2) is 40.1 Å². The topological polar surface area (TPSA) is 91.0 Å². The van der Waals surface area contributed by atoms with Gasteiger partial charge in [0.15, 0.2) is 12.1 Å². The summed E-state index contributed by atoms with van der Waals surface area (Å²) in [5.41, 5.74) is 7.77. The molecule has 2 unspecified atom stereocenters. The lowest BCUT2D eigenvalue weighted by Gasteiger charge is -2.22. The summed E-state index contributed by atoms with van der Waals surface area (Å²) in [6.45, 7) is 0.674. The van der Waals surface area contributed by atoms with Gasteiger partial charge in [0.2, 0.25) is 0 Å². The number of amides is 2. The van der Waals surface area contributed by atoms with Crippen molar-refractivity contribution in [1.29, 1.82) is 0 Å². The van der Waals surface area contributed by atoms with Crippen LogP contribution in [0.3, 0.4) is 0 Å². The van der Waals surface area contributed by atoms with Crippen LogP contribution in [0.4, 0.5) is 4.79 Å². The van der Waals surface area contributed by atoms with Gasteiger partial charge < -0.3 is 4.74 Å². The average molecular weight is 366 g/mol. The number of hydrogen-bond donors (Lipinski definition) is 2. The molecule has 2 aliphatic heterocycles. The van der Waals surface area contributed by atoms with Crippen molar-refractivity contribution in [2.24, 2.45) is 0 Å². The van der Waals surface area contributed by atoms with E-state index in [1.54, 1.807) is 0 Å². The molecule has 2 heterocycles. The summed E-state index contributed by atoms with van der Waals surface area (Å²) in [4.78, 5) is 37.1. The summed E-state index contributed by atoms with van der Waals surface area (Å²) in [5.74, 6) is -1.47. The lowest BCUT2D eigenvalue weighted by Crippen LogP contribution is -2.49. The van der Waals surface area contributed by atoms with Gasteiger partial charge in [0.25, 0.3) is 0 Å². The molecule has 2 aromatic carbocycles. The highest BCUT2D eigenvalue weighted by Gasteiger charge is 2.60. The molecule has 27 heavy (non-hydrogen) atoms. The number of carbonyl (C=O) groups excluding carboxylic acids is 3. The molecular formula is C19H18N4O4. The van der Waals surface area contributed by atoms with Gasteiger partial charge in [-0.3, -0.25) is 0 Å². The van der Waals surface area contributed by atoms with Crippen LogP contribution in [0.1, 0.15) is 11.1 Å². The summed E-state index contributed by atoms with van der Waals surface area (Å²) in [7, 11) is 0. The molecule has 2 aromatic rings. The van der Waals surface area contributed by atoms with Gasteiger partial charge in [-0.15, -0.1) is 0 Å². The predicted octanol–water partition coefficient (Wildman–Crippen LogP) is 0.954. The zero-order valence-electron chi connectivity index (χ0n) is 14.4. The molecule has 0 saturated carbocycles. The normalized spacial score (nSPS) is 21.6. The first-order valence-electron chi connectivity index (χ1n) is 8.58. The van der Waals surface area contributed by atoms with Crippen molar-refractivity contribution < 1.29 is 19.1 Å². The first-order valence-corrected chi connectivity index (χ1v) is 8.58. The highest BCUT2D eigenvalue weighted by atomic mass is 16.6. The molecule has 0 aliphatic carbocycles. The molecule has 2 N–H and O–H groups in total. The van der Waals surface area contributed by atoms with E-state index in [4.69, 9.17) is 4.74 Å². The molecule has 138 valence electrons. The van der Waals surface area contributed by atoms with Crippen LogP contribution >= 0.6 is 0 Å². The molecule has 0 radical (unpaired) electrons. The first kappa shape index (κ1) is 17.2. The molecule has 0 bridgehead atoms. The first-order chi connectivity index (χ1) is 13.1. The molecule has 2 saturated heterocycles. The number of ether oxygens (including phenoxy) is 1. The van der Waals surface area contributed by atoms with E-state index in [2.05, 4.69) is 10.9 Å². The number of carbonyl (C=O) groups is 3. The third kappa shape index (κ3) is 3.27. The predicted molar refractivity (Wildman–Crippen MR) is 94.3 cm³/mol. The molecule has 0 spiro atoms. The quantitative estimate of drug-likeness (QED) is 0.584. The van der Waals surface area contributed by atoms with Crippen LogP contribution < -0.4 is 10.9 Å². The highest BCUT2D eigenvalue weighted by Crippen LogP contribution is 2.27. The van der Waals surface area contributed by atoms with Crippen molar-refractivity contribution in [1.82, 2.24) is 20.9 Å². The largest absolute Gasteiger partial charge is 0.390 e. The van der Waals surface area contributed by atoms with E-state index in [0.29, 0.717) is 13.1 Å². The third-order valence-electron chi connectivity index (χ3n) is 4.54. The van der Waals surface area contributed by atoms with E-state index in [9.17, 15) is 14.4 Å². The maximum Gasteiger partial charge on any atom is 0.350 e. The number of hydrogen-bond acceptors (Lipinski definition) is 6. The van der Waals surface area contributed by atoms with E-state index in [0.717, 1.165) is 11.1 Å². The Hall–Kier alpha value is -3.23.